The zero-order valence-corrected chi connectivity index (χ0v) is 12.5. The number of likely N-dealkylation sites (N-methyl/N-ethyl adjacent to an activating group) is 1. The Bertz CT molecular complexity index is 485. The summed E-state index contributed by atoms with van der Waals surface area (Å²) in [4.78, 5) is 4.43. The van der Waals surface area contributed by atoms with Gasteiger partial charge in [0.2, 0.25) is 0 Å². The van der Waals surface area contributed by atoms with Gasteiger partial charge in [-0.1, -0.05) is 0 Å². The van der Waals surface area contributed by atoms with E-state index in [0.29, 0.717) is 0 Å². The molecule has 0 fully saturated rings. The minimum atomic E-state index is 0.128. The Kier molecular flexibility index (Phi) is 4.36. The van der Waals surface area contributed by atoms with Crippen molar-refractivity contribution in [2.24, 2.45) is 0 Å². The second-order valence-electron chi connectivity index (χ2n) is 3.65. The summed E-state index contributed by atoms with van der Waals surface area (Å²) in [5.41, 5.74) is 0.979. The highest BCUT2D eigenvalue weighted by Gasteiger charge is 2.16. The molecule has 1 unspecified atom stereocenters. The predicted molar refractivity (Wildman–Crippen MR) is 73.8 cm³/mol. The molecule has 0 saturated carbocycles. The standard InChI is InChI=1S/C12H12Br2N2O/c1-15-11(6-9-3-2-4-17-9)12-10(14)5-8(13)7-16-12/h2-5,7,11,15H,6H2,1H3. The first kappa shape index (κ1) is 12.8. The number of hydrogen-bond acceptors (Lipinski definition) is 3. The van der Waals surface area contributed by atoms with Crippen LogP contribution in [-0.4, -0.2) is 12.0 Å². The molecule has 0 spiro atoms. The SMILES string of the molecule is CNC(Cc1ccco1)c1ncc(Br)cc1Br. The van der Waals surface area contributed by atoms with E-state index in [-0.39, 0.29) is 6.04 Å². The van der Waals surface area contributed by atoms with E-state index < -0.39 is 0 Å². The van der Waals surface area contributed by atoms with Crippen LogP contribution in [0.3, 0.4) is 0 Å². The Balaban J connectivity index is 2.23. The quantitative estimate of drug-likeness (QED) is 0.904. The summed E-state index contributed by atoms with van der Waals surface area (Å²) in [5, 5.41) is 3.25. The number of aromatic nitrogens is 1. The first-order chi connectivity index (χ1) is 8.20. The van der Waals surface area contributed by atoms with Crippen LogP contribution in [0.25, 0.3) is 0 Å². The van der Waals surface area contributed by atoms with Gasteiger partial charge in [-0.2, -0.15) is 0 Å². The summed E-state index contributed by atoms with van der Waals surface area (Å²) in [6, 6.07) is 5.99. The van der Waals surface area contributed by atoms with Crippen molar-refractivity contribution in [2.75, 3.05) is 7.05 Å². The zero-order valence-electron chi connectivity index (χ0n) is 9.28. The molecule has 1 atom stereocenters. The Morgan fingerprint density at radius 2 is 2.29 bits per heavy atom. The van der Waals surface area contributed by atoms with Crippen LogP contribution in [0.2, 0.25) is 0 Å². The minimum absolute atomic E-state index is 0.128. The molecule has 0 aromatic carbocycles. The number of hydrogen-bond donors (Lipinski definition) is 1. The van der Waals surface area contributed by atoms with Crippen molar-refractivity contribution >= 4 is 31.9 Å². The molecule has 0 aliphatic rings. The molecule has 0 aliphatic carbocycles. The van der Waals surface area contributed by atoms with E-state index in [9.17, 15) is 0 Å². The van der Waals surface area contributed by atoms with E-state index in [4.69, 9.17) is 4.42 Å². The second-order valence-corrected chi connectivity index (χ2v) is 5.42. The number of furan rings is 1. The second kappa shape index (κ2) is 5.80. The predicted octanol–water partition coefficient (Wildman–Crippen LogP) is 3.70. The van der Waals surface area contributed by atoms with Crippen molar-refractivity contribution in [2.45, 2.75) is 12.5 Å². The molecule has 2 aromatic heterocycles. The lowest BCUT2D eigenvalue weighted by molar-refractivity contribution is 0.460. The molecule has 0 aliphatic heterocycles. The van der Waals surface area contributed by atoms with Crippen molar-refractivity contribution in [1.29, 1.82) is 0 Å². The third kappa shape index (κ3) is 3.18. The summed E-state index contributed by atoms with van der Waals surface area (Å²) in [7, 11) is 1.92. The lowest BCUT2D eigenvalue weighted by Gasteiger charge is -2.15. The van der Waals surface area contributed by atoms with Crippen molar-refractivity contribution in [3.63, 3.8) is 0 Å². The van der Waals surface area contributed by atoms with E-state index in [1.807, 2.05) is 25.2 Å². The number of rotatable bonds is 4. The third-order valence-electron chi connectivity index (χ3n) is 2.50. The van der Waals surface area contributed by atoms with E-state index >= 15 is 0 Å². The van der Waals surface area contributed by atoms with Gasteiger partial charge in [-0.15, -0.1) is 0 Å². The Labute approximate surface area is 117 Å². The molecule has 2 heterocycles. The monoisotopic (exact) mass is 358 g/mol. The van der Waals surface area contributed by atoms with Crippen molar-refractivity contribution < 1.29 is 4.42 Å². The first-order valence-electron chi connectivity index (χ1n) is 5.21. The molecular formula is C12H12Br2N2O. The number of pyridine rings is 1. The summed E-state index contributed by atoms with van der Waals surface area (Å²) in [5.74, 6) is 0.945. The molecule has 5 heteroatoms. The molecule has 17 heavy (non-hydrogen) atoms. The molecule has 1 N–H and O–H groups in total. The van der Waals surface area contributed by atoms with Gasteiger partial charge in [-0.3, -0.25) is 4.98 Å². The third-order valence-corrected chi connectivity index (χ3v) is 3.57. The van der Waals surface area contributed by atoms with E-state index in [2.05, 4.69) is 42.2 Å². The summed E-state index contributed by atoms with van der Waals surface area (Å²) < 4.78 is 7.30. The molecule has 2 rings (SSSR count). The summed E-state index contributed by atoms with van der Waals surface area (Å²) >= 11 is 6.93. The Morgan fingerprint density at radius 1 is 1.47 bits per heavy atom. The van der Waals surface area contributed by atoms with Crippen LogP contribution in [0.5, 0.6) is 0 Å². The maximum atomic E-state index is 5.36. The lowest BCUT2D eigenvalue weighted by Crippen LogP contribution is -2.20. The Morgan fingerprint density at radius 3 is 2.88 bits per heavy atom. The van der Waals surface area contributed by atoms with Crippen LogP contribution in [-0.2, 0) is 6.42 Å². The highest BCUT2D eigenvalue weighted by molar-refractivity contribution is 9.11. The van der Waals surface area contributed by atoms with Gasteiger partial charge in [-0.25, -0.2) is 0 Å². The summed E-state index contributed by atoms with van der Waals surface area (Å²) in [6.45, 7) is 0. The average molecular weight is 360 g/mol. The fraction of sp³-hybridized carbons (Fsp3) is 0.250. The number of halogens is 2. The van der Waals surface area contributed by atoms with Crippen LogP contribution in [0.15, 0.2) is 44.0 Å². The van der Waals surface area contributed by atoms with Gasteiger partial charge >= 0.3 is 0 Å². The molecule has 0 bridgehead atoms. The molecule has 0 amide bonds. The smallest absolute Gasteiger partial charge is 0.105 e. The molecule has 0 saturated heterocycles. The Hall–Kier alpha value is -0.650. The van der Waals surface area contributed by atoms with Gasteiger partial charge in [0, 0.05) is 21.6 Å². The van der Waals surface area contributed by atoms with Gasteiger partial charge in [0.25, 0.3) is 0 Å². The van der Waals surface area contributed by atoms with Gasteiger partial charge in [0.1, 0.15) is 5.76 Å². The van der Waals surface area contributed by atoms with Gasteiger partial charge in [-0.05, 0) is 57.1 Å². The van der Waals surface area contributed by atoms with Gasteiger partial charge in [0.05, 0.1) is 18.0 Å². The van der Waals surface area contributed by atoms with Crippen LogP contribution in [0.4, 0.5) is 0 Å². The topological polar surface area (TPSA) is 38.1 Å². The van der Waals surface area contributed by atoms with Crippen LogP contribution < -0.4 is 5.32 Å². The van der Waals surface area contributed by atoms with Crippen LogP contribution >= 0.6 is 31.9 Å². The fourth-order valence-electron chi connectivity index (χ4n) is 1.65. The average Bonchev–Trinajstić information content (AvgIpc) is 2.79. The zero-order chi connectivity index (χ0) is 12.3. The largest absolute Gasteiger partial charge is 0.469 e. The summed E-state index contributed by atoms with van der Waals surface area (Å²) in [6.07, 6.45) is 4.26. The van der Waals surface area contributed by atoms with Crippen molar-refractivity contribution in [3.05, 3.63) is 51.1 Å². The first-order valence-corrected chi connectivity index (χ1v) is 6.80. The lowest BCUT2D eigenvalue weighted by atomic mass is 10.1. The van der Waals surface area contributed by atoms with Crippen LogP contribution in [0, 0.1) is 0 Å². The highest BCUT2D eigenvalue weighted by Crippen LogP contribution is 2.26. The van der Waals surface area contributed by atoms with E-state index in [0.717, 1.165) is 26.8 Å². The van der Waals surface area contributed by atoms with E-state index in [1.54, 1.807) is 12.5 Å². The van der Waals surface area contributed by atoms with Crippen LogP contribution in [0.1, 0.15) is 17.5 Å². The fourth-order valence-corrected chi connectivity index (χ4v) is 2.91. The van der Waals surface area contributed by atoms with Gasteiger partial charge in [0.15, 0.2) is 0 Å². The van der Waals surface area contributed by atoms with Gasteiger partial charge < -0.3 is 9.73 Å². The number of nitrogens with zero attached hydrogens (tertiary/aromatic N) is 1. The molecule has 3 nitrogen and oxygen atoms in total. The molecular weight excluding hydrogens is 348 g/mol. The normalized spacial score (nSPS) is 12.6. The molecule has 0 radical (unpaired) electrons. The maximum absolute atomic E-state index is 5.36. The maximum Gasteiger partial charge on any atom is 0.105 e. The van der Waals surface area contributed by atoms with Crippen molar-refractivity contribution in [1.82, 2.24) is 10.3 Å². The van der Waals surface area contributed by atoms with E-state index in [1.165, 1.54) is 0 Å². The highest BCUT2D eigenvalue weighted by atomic mass is 79.9. The van der Waals surface area contributed by atoms with Crippen molar-refractivity contribution in [3.8, 4) is 0 Å². The molecule has 90 valence electrons. The number of nitrogens with one attached hydrogen (secondary N) is 1. The molecule has 2 aromatic rings. The minimum Gasteiger partial charge on any atom is -0.469 e.